The minimum atomic E-state index is -1.12. The molecular weight excluding hydrogens is 248 g/mol. The first-order valence-corrected chi connectivity index (χ1v) is 5.54. The van der Waals surface area contributed by atoms with E-state index in [0.717, 1.165) is 16.7 Å². The molecule has 0 aliphatic heterocycles. The van der Waals surface area contributed by atoms with E-state index in [1.165, 1.54) is 6.07 Å². The van der Waals surface area contributed by atoms with Crippen LogP contribution in [0.15, 0.2) is 34.9 Å². The average Bonchev–Trinajstić information content (AvgIpc) is 3.04. The third-order valence-corrected chi connectivity index (χ3v) is 2.82. The monoisotopic (exact) mass is 258 g/mol. The standard InChI is InChI=1S/C13H10N2O4/c1-18-8-3-2-7-4-10(14-9(7)5-8)12-6-11(13(16)17)15-19-12/h2-6,14H,1H3,(H,16,17). The normalized spacial score (nSPS) is 10.8. The molecule has 2 heterocycles. The molecule has 19 heavy (non-hydrogen) atoms. The predicted octanol–water partition coefficient (Wildman–Crippen LogP) is 2.53. The first kappa shape index (κ1) is 11.3. The fourth-order valence-corrected chi connectivity index (χ4v) is 1.87. The van der Waals surface area contributed by atoms with Crippen LogP contribution < -0.4 is 4.74 Å². The minimum absolute atomic E-state index is 0.119. The van der Waals surface area contributed by atoms with Gasteiger partial charge in [0.1, 0.15) is 5.75 Å². The van der Waals surface area contributed by atoms with Gasteiger partial charge in [0.15, 0.2) is 11.5 Å². The van der Waals surface area contributed by atoms with Crippen LogP contribution in [0.5, 0.6) is 5.75 Å². The molecule has 96 valence electrons. The van der Waals surface area contributed by atoms with Crippen LogP contribution in [0, 0.1) is 0 Å². The smallest absolute Gasteiger partial charge is 0.358 e. The maximum atomic E-state index is 10.8. The number of hydrogen-bond acceptors (Lipinski definition) is 4. The number of aromatic carboxylic acids is 1. The number of nitrogens with one attached hydrogen (secondary N) is 1. The van der Waals surface area contributed by atoms with E-state index in [0.29, 0.717) is 11.5 Å². The number of benzene rings is 1. The van der Waals surface area contributed by atoms with Gasteiger partial charge in [-0.25, -0.2) is 4.79 Å². The molecule has 6 heteroatoms. The first-order valence-electron chi connectivity index (χ1n) is 5.54. The summed E-state index contributed by atoms with van der Waals surface area (Å²) in [4.78, 5) is 13.9. The second-order valence-corrected chi connectivity index (χ2v) is 4.02. The number of carboxylic acids is 1. The van der Waals surface area contributed by atoms with Crippen LogP contribution in [0.3, 0.4) is 0 Å². The van der Waals surface area contributed by atoms with Gasteiger partial charge in [0.25, 0.3) is 0 Å². The molecule has 0 spiro atoms. The van der Waals surface area contributed by atoms with Crippen molar-refractivity contribution < 1.29 is 19.2 Å². The Bertz CT molecular complexity index is 757. The molecule has 0 aliphatic carbocycles. The molecule has 0 saturated carbocycles. The second kappa shape index (κ2) is 4.16. The lowest BCUT2D eigenvalue weighted by Crippen LogP contribution is -1.94. The fraction of sp³-hybridized carbons (Fsp3) is 0.0769. The van der Waals surface area contributed by atoms with E-state index in [-0.39, 0.29) is 5.69 Å². The molecule has 0 saturated heterocycles. The van der Waals surface area contributed by atoms with Crippen molar-refractivity contribution >= 4 is 16.9 Å². The number of nitrogens with zero attached hydrogens (tertiary/aromatic N) is 1. The number of carbonyl (C=O) groups is 1. The van der Waals surface area contributed by atoms with Crippen molar-refractivity contribution in [3.8, 4) is 17.2 Å². The Morgan fingerprint density at radius 2 is 2.21 bits per heavy atom. The van der Waals surface area contributed by atoms with Crippen LogP contribution in [0.1, 0.15) is 10.5 Å². The van der Waals surface area contributed by atoms with Crippen molar-refractivity contribution in [3.63, 3.8) is 0 Å². The van der Waals surface area contributed by atoms with Crippen LogP contribution >= 0.6 is 0 Å². The molecule has 3 rings (SSSR count). The van der Waals surface area contributed by atoms with E-state index in [4.69, 9.17) is 14.4 Å². The van der Waals surface area contributed by atoms with Gasteiger partial charge in [0, 0.05) is 23.0 Å². The first-order chi connectivity index (χ1) is 9.17. The van der Waals surface area contributed by atoms with E-state index < -0.39 is 5.97 Å². The second-order valence-electron chi connectivity index (χ2n) is 4.02. The Kier molecular flexibility index (Phi) is 2.49. The molecule has 2 N–H and O–H groups in total. The van der Waals surface area contributed by atoms with Crippen molar-refractivity contribution in [3.05, 3.63) is 36.0 Å². The topological polar surface area (TPSA) is 88.3 Å². The van der Waals surface area contributed by atoms with Crippen LogP contribution in [-0.4, -0.2) is 28.3 Å². The zero-order valence-corrected chi connectivity index (χ0v) is 10.0. The summed E-state index contributed by atoms with van der Waals surface area (Å²) in [7, 11) is 1.60. The zero-order chi connectivity index (χ0) is 13.4. The van der Waals surface area contributed by atoms with Gasteiger partial charge in [-0.15, -0.1) is 0 Å². The number of H-pyrrole nitrogens is 1. The lowest BCUT2D eigenvalue weighted by Gasteiger charge is -1.97. The van der Waals surface area contributed by atoms with E-state index in [1.54, 1.807) is 7.11 Å². The van der Waals surface area contributed by atoms with Gasteiger partial charge in [0.2, 0.25) is 0 Å². The molecule has 0 amide bonds. The summed E-state index contributed by atoms with van der Waals surface area (Å²) in [5.41, 5.74) is 1.43. The lowest BCUT2D eigenvalue weighted by atomic mass is 10.2. The van der Waals surface area contributed by atoms with Crippen LogP contribution in [0.2, 0.25) is 0 Å². The molecular formula is C13H10N2O4. The highest BCUT2D eigenvalue weighted by molar-refractivity contribution is 5.88. The minimum Gasteiger partial charge on any atom is -0.497 e. The predicted molar refractivity (Wildman–Crippen MR) is 67.3 cm³/mol. The van der Waals surface area contributed by atoms with Crippen molar-refractivity contribution in [1.29, 1.82) is 0 Å². The zero-order valence-electron chi connectivity index (χ0n) is 10.0. The van der Waals surface area contributed by atoms with Crippen LogP contribution in [0.25, 0.3) is 22.4 Å². The highest BCUT2D eigenvalue weighted by atomic mass is 16.5. The van der Waals surface area contributed by atoms with Gasteiger partial charge in [-0.3, -0.25) is 0 Å². The number of fused-ring (bicyclic) bond motifs is 1. The molecule has 0 aliphatic rings. The average molecular weight is 258 g/mol. The van der Waals surface area contributed by atoms with Gasteiger partial charge in [-0.05, 0) is 18.2 Å². The SMILES string of the molecule is COc1ccc2cc(-c3cc(C(=O)O)no3)[nH]c2c1. The molecule has 0 unspecified atom stereocenters. The molecule has 1 aromatic carbocycles. The third-order valence-electron chi connectivity index (χ3n) is 2.82. The molecule has 6 nitrogen and oxygen atoms in total. The van der Waals surface area contributed by atoms with Crippen molar-refractivity contribution in [2.45, 2.75) is 0 Å². The highest BCUT2D eigenvalue weighted by Crippen LogP contribution is 2.27. The van der Waals surface area contributed by atoms with Crippen molar-refractivity contribution in [2.75, 3.05) is 7.11 Å². The van der Waals surface area contributed by atoms with E-state index in [1.807, 2.05) is 24.3 Å². The highest BCUT2D eigenvalue weighted by Gasteiger charge is 2.14. The number of methoxy groups -OCH3 is 1. The largest absolute Gasteiger partial charge is 0.497 e. The summed E-state index contributed by atoms with van der Waals surface area (Å²) < 4.78 is 10.1. The van der Waals surface area contributed by atoms with Gasteiger partial charge in [-0.1, -0.05) is 5.16 Å². The van der Waals surface area contributed by atoms with Gasteiger partial charge < -0.3 is 19.4 Å². The third kappa shape index (κ3) is 1.93. The van der Waals surface area contributed by atoms with E-state index >= 15 is 0 Å². The van der Waals surface area contributed by atoms with E-state index in [2.05, 4.69) is 10.1 Å². The summed E-state index contributed by atoms with van der Waals surface area (Å²) in [5.74, 6) is 0.00467. The Morgan fingerprint density at radius 3 is 2.89 bits per heavy atom. The Morgan fingerprint density at radius 1 is 1.37 bits per heavy atom. The van der Waals surface area contributed by atoms with Gasteiger partial charge in [0.05, 0.1) is 12.8 Å². The van der Waals surface area contributed by atoms with Gasteiger partial charge >= 0.3 is 5.97 Å². The van der Waals surface area contributed by atoms with Crippen LogP contribution in [-0.2, 0) is 0 Å². The Labute approximate surface area is 107 Å². The summed E-state index contributed by atoms with van der Waals surface area (Å²) in [5, 5.41) is 13.3. The van der Waals surface area contributed by atoms with Crippen LogP contribution in [0.4, 0.5) is 0 Å². The number of aromatic nitrogens is 2. The molecule has 2 aromatic heterocycles. The summed E-state index contributed by atoms with van der Waals surface area (Å²) >= 11 is 0. The van der Waals surface area contributed by atoms with Crippen molar-refractivity contribution in [1.82, 2.24) is 10.1 Å². The molecule has 0 radical (unpaired) electrons. The maximum Gasteiger partial charge on any atom is 0.358 e. The maximum absolute atomic E-state index is 10.8. The Hall–Kier alpha value is -2.76. The van der Waals surface area contributed by atoms with Crippen molar-refractivity contribution in [2.24, 2.45) is 0 Å². The molecule has 0 atom stereocenters. The number of hydrogen-bond donors (Lipinski definition) is 2. The summed E-state index contributed by atoms with van der Waals surface area (Å²) in [6, 6.07) is 8.85. The summed E-state index contributed by atoms with van der Waals surface area (Å²) in [6.45, 7) is 0. The lowest BCUT2D eigenvalue weighted by molar-refractivity contribution is 0.0686. The molecule has 0 bridgehead atoms. The number of aromatic amines is 1. The number of carboxylic acid groups (broad SMARTS) is 1. The summed E-state index contributed by atoms with van der Waals surface area (Å²) in [6.07, 6.45) is 0. The number of ether oxygens (including phenoxy) is 1. The van der Waals surface area contributed by atoms with Gasteiger partial charge in [-0.2, -0.15) is 0 Å². The van der Waals surface area contributed by atoms with E-state index in [9.17, 15) is 4.79 Å². The fourth-order valence-electron chi connectivity index (χ4n) is 1.87. The molecule has 3 aromatic rings. The number of rotatable bonds is 3. The molecule has 0 fully saturated rings. The Balaban J connectivity index is 2.06. The quantitative estimate of drug-likeness (QED) is 0.753.